The summed E-state index contributed by atoms with van der Waals surface area (Å²) >= 11 is 2.39. The first-order valence-electron chi connectivity index (χ1n) is 8.16. The molecule has 1 aliphatic carbocycles. The molecule has 24 heavy (non-hydrogen) atoms. The zero-order chi connectivity index (χ0) is 16.7. The molecule has 0 radical (unpaired) electrons. The zero-order valence-electron chi connectivity index (χ0n) is 13.8. The highest BCUT2D eigenvalue weighted by molar-refractivity contribution is 14.1. The summed E-state index contributed by atoms with van der Waals surface area (Å²) in [5.41, 5.74) is 3.79. The van der Waals surface area contributed by atoms with E-state index in [9.17, 15) is 0 Å². The fourth-order valence-electron chi connectivity index (χ4n) is 3.96. The fraction of sp³-hybridized carbons (Fsp3) is 0.300. The zero-order valence-corrected chi connectivity index (χ0v) is 15.9. The second kappa shape index (κ2) is 6.31. The Kier molecular flexibility index (Phi) is 4.16. The van der Waals surface area contributed by atoms with Crippen molar-refractivity contribution in [1.29, 1.82) is 0 Å². The molecule has 4 rings (SSSR count). The van der Waals surface area contributed by atoms with E-state index in [0.717, 1.165) is 17.9 Å². The maximum atomic E-state index is 5.64. The quantitative estimate of drug-likeness (QED) is 0.538. The molecule has 0 saturated heterocycles. The van der Waals surface area contributed by atoms with Crippen molar-refractivity contribution in [3.8, 4) is 11.5 Å². The lowest BCUT2D eigenvalue weighted by Gasteiger charge is -2.38. The van der Waals surface area contributed by atoms with Crippen LogP contribution in [0.5, 0.6) is 11.5 Å². The van der Waals surface area contributed by atoms with Crippen LogP contribution in [0.4, 0.5) is 5.69 Å². The number of ether oxygens (including phenoxy) is 2. The van der Waals surface area contributed by atoms with Gasteiger partial charge in [0.05, 0.1) is 20.3 Å². The minimum absolute atomic E-state index is 0.211. The van der Waals surface area contributed by atoms with E-state index in [0.29, 0.717) is 11.8 Å². The smallest absolute Gasteiger partial charge is 0.124 e. The van der Waals surface area contributed by atoms with Gasteiger partial charge in [0.1, 0.15) is 11.5 Å². The van der Waals surface area contributed by atoms with Crippen molar-refractivity contribution in [3.63, 3.8) is 0 Å². The minimum atomic E-state index is 0.211. The molecule has 0 unspecified atom stereocenters. The summed E-state index contributed by atoms with van der Waals surface area (Å²) < 4.78 is 12.4. The molecule has 3 nitrogen and oxygen atoms in total. The molecule has 1 N–H and O–H groups in total. The normalized spacial score (nSPS) is 24.0. The third kappa shape index (κ3) is 2.57. The number of benzene rings is 2. The highest BCUT2D eigenvalue weighted by atomic mass is 127. The van der Waals surface area contributed by atoms with E-state index >= 15 is 0 Å². The van der Waals surface area contributed by atoms with E-state index in [1.165, 1.54) is 20.4 Å². The van der Waals surface area contributed by atoms with Crippen LogP contribution in [0.3, 0.4) is 0 Å². The van der Waals surface area contributed by atoms with Crippen LogP contribution < -0.4 is 14.8 Å². The Morgan fingerprint density at radius 2 is 1.92 bits per heavy atom. The fourth-order valence-corrected chi connectivity index (χ4v) is 4.47. The van der Waals surface area contributed by atoms with Crippen molar-refractivity contribution in [3.05, 3.63) is 63.2 Å². The van der Waals surface area contributed by atoms with Gasteiger partial charge in [-0.25, -0.2) is 0 Å². The number of hydrogen-bond donors (Lipinski definition) is 1. The molecule has 0 amide bonds. The van der Waals surface area contributed by atoms with Gasteiger partial charge in [0.25, 0.3) is 0 Å². The maximum Gasteiger partial charge on any atom is 0.124 e. The van der Waals surface area contributed by atoms with Gasteiger partial charge >= 0.3 is 0 Å². The van der Waals surface area contributed by atoms with Gasteiger partial charge in [0.15, 0.2) is 0 Å². The SMILES string of the molecule is COc1ccc(OC)c([C@@H]2Nc3ccc(I)cc3[C@H]3C=CC[C@H]32)c1. The average molecular weight is 433 g/mol. The van der Waals surface area contributed by atoms with Gasteiger partial charge < -0.3 is 14.8 Å². The molecule has 2 aliphatic rings. The van der Waals surface area contributed by atoms with Gasteiger partial charge in [-0.2, -0.15) is 0 Å². The van der Waals surface area contributed by atoms with E-state index in [-0.39, 0.29) is 6.04 Å². The van der Waals surface area contributed by atoms with Crippen molar-refractivity contribution in [2.45, 2.75) is 18.4 Å². The molecule has 0 aromatic heterocycles. The number of allylic oxidation sites excluding steroid dienone is 2. The first-order valence-corrected chi connectivity index (χ1v) is 9.23. The number of nitrogens with one attached hydrogen (secondary N) is 1. The summed E-state index contributed by atoms with van der Waals surface area (Å²) in [6.07, 6.45) is 5.75. The summed E-state index contributed by atoms with van der Waals surface area (Å²) in [6.45, 7) is 0. The van der Waals surface area contributed by atoms with Gasteiger partial charge in [-0.05, 0) is 76.9 Å². The van der Waals surface area contributed by atoms with Crippen LogP contribution in [0.25, 0.3) is 0 Å². The summed E-state index contributed by atoms with van der Waals surface area (Å²) in [5, 5.41) is 3.76. The third-order valence-electron chi connectivity index (χ3n) is 5.10. The molecule has 3 atom stereocenters. The van der Waals surface area contributed by atoms with E-state index in [2.05, 4.69) is 64.3 Å². The highest BCUT2D eigenvalue weighted by Crippen LogP contribution is 2.51. The molecule has 0 bridgehead atoms. The van der Waals surface area contributed by atoms with Gasteiger partial charge in [0.2, 0.25) is 0 Å². The van der Waals surface area contributed by atoms with Gasteiger partial charge in [-0.3, -0.25) is 0 Å². The topological polar surface area (TPSA) is 30.5 Å². The Hall–Kier alpha value is -1.69. The molecule has 1 heterocycles. The molecule has 2 aromatic carbocycles. The van der Waals surface area contributed by atoms with E-state index in [1.807, 2.05) is 12.1 Å². The Labute approximate surface area is 156 Å². The molecule has 2 aromatic rings. The largest absolute Gasteiger partial charge is 0.497 e. The molecule has 0 saturated carbocycles. The lowest BCUT2D eigenvalue weighted by Crippen LogP contribution is -2.29. The van der Waals surface area contributed by atoms with Gasteiger partial charge in [0, 0.05) is 20.7 Å². The van der Waals surface area contributed by atoms with Crippen molar-refractivity contribution in [2.24, 2.45) is 5.92 Å². The van der Waals surface area contributed by atoms with Crippen molar-refractivity contribution < 1.29 is 9.47 Å². The summed E-state index contributed by atoms with van der Waals surface area (Å²) in [4.78, 5) is 0. The number of halogens is 1. The van der Waals surface area contributed by atoms with Crippen LogP contribution in [-0.4, -0.2) is 14.2 Å². The predicted molar refractivity (Wildman–Crippen MR) is 105 cm³/mol. The van der Waals surface area contributed by atoms with E-state index < -0.39 is 0 Å². The molecule has 0 fully saturated rings. The summed E-state index contributed by atoms with van der Waals surface area (Å²) in [5.74, 6) is 2.73. The Morgan fingerprint density at radius 3 is 2.71 bits per heavy atom. The number of rotatable bonds is 3. The Bertz CT molecular complexity index is 802. The number of methoxy groups -OCH3 is 2. The molecular weight excluding hydrogens is 413 g/mol. The second-order valence-electron chi connectivity index (χ2n) is 6.31. The van der Waals surface area contributed by atoms with Crippen LogP contribution in [0.15, 0.2) is 48.6 Å². The standard InChI is InChI=1S/C20H20INO2/c1-23-13-7-9-19(24-2)17(11-13)20-15-5-3-4-14(15)16-10-12(21)6-8-18(16)22-20/h3-4,6-11,14-15,20,22H,5H2,1-2H3/t14-,15+,20+/m0/s1. The summed E-state index contributed by atoms with van der Waals surface area (Å²) in [6, 6.07) is 12.9. The van der Waals surface area contributed by atoms with E-state index in [4.69, 9.17) is 9.47 Å². The molecular formula is C20H20INO2. The lowest BCUT2D eigenvalue weighted by atomic mass is 9.77. The van der Waals surface area contributed by atoms with Gasteiger partial charge in [-0.1, -0.05) is 12.2 Å². The Morgan fingerprint density at radius 1 is 1.04 bits per heavy atom. The van der Waals surface area contributed by atoms with Crippen LogP contribution >= 0.6 is 22.6 Å². The lowest BCUT2D eigenvalue weighted by molar-refractivity contribution is 0.374. The number of fused-ring (bicyclic) bond motifs is 3. The average Bonchev–Trinajstić information content (AvgIpc) is 3.10. The maximum absolute atomic E-state index is 5.64. The van der Waals surface area contributed by atoms with Crippen molar-refractivity contribution in [1.82, 2.24) is 0 Å². The number of anilines is 1. The van der Waals surface area contributed by atoms with Crippen LogP contribution in [0.1, 0.15) is 29.5 Å². The first kappa shape index (κ1) is 15.8. The highest BCUT2D eigenvalue weighted by Gasteiger charge is 2.39. The molecule has 0 spiro atoms. The van der Waals surface area contributed by atoms with Crippen molar-refractivity contribution >= 4 is 28.3 Å². The van der Waals surface area contributed by atoms with Crippen LogP contribution in [0, 0.1) is 9.49 Å². The molecule has 4 heteroatoms. The molecule has 1 aliphatic heterocycles. The second-order valence-corrected chi connectivity index (χ2v) is 7.56. The Balaban J connectivity index is 1.81. The van der Waals surface area contributed by atoms with Gasteiger partial charge in [-0.15, -0.1) is 0 Å². The first-order chi connectivity index (χ1) is 11.7. The van der Waals surface area contributed by atoms with Crippen molar-refractivity contribution in [2.75, 3.05) is 19.5 Å². The third-order valence-corrected chi connectivity index (χ3v) is 5.77. The summed E-state index contributed by atoms with van der Waals surface area (Å²) in [7, 11) is 3.44. The minimum Gasteiger partial charge on any atom is -0.497 e. The van der Waals surface area contributed by atoms with Crippen LogP contribution in [0.2, 0.25) is 0 Å². The predicted octanol–water partition coefficient (Wildman–Crippen LogP) is 5.13. The van der Waals surface area contributed by atoms with E-state index in [1.54, 1.807) is 14.2 Å². The molecule has 124 valence electrons. The monoisotopic (exact) mass is 433 g/mol. The number of hydrogen-bond acceptors (Lipinski definition) is 3. The van der Waals surface area contributed by atoms with Crippen LogP contribution in [-0.2, 0) is 0 Å².